The maximum absolute atomic E-state index is 14.6. The molecule has 2 atom stereocenters. The van der Waals surface area contributed by atoms with Crippen LogP contribution in [-0.2, 0) is 6.42 Å². The van der Waals surface area contributed by atoms with E-state index in [-0.39, 0.29) is 30.9 Å². The van der Waals surface area contributed by atoms with Gasteiger partial charge in [0.1, 0.15) is 0 Å². The molecule has 32 heavy (non-hydrogen) atoms. The number of hydrogen-bond donors (Lipinski definition) is 3. The lowest BCUT2D eigenvalue weighted by Gasteiger charge is -2.40. The summed E-state index contributed by atoms with van der Waals surface area (Å²) in [7, 11) is 0. The third-order valence-corrected chi connectivity index (χ3v) is 6.52. The molecule has 8 nitrogen and oxygen atoms in total. The number of carbonyl (C=O) groups excluding carboxylic acids is 1. The molecular weight excluding hydrogens is 433 g/mol. The van der Waals surface area contributed by atoms with E-state index in [2.05, 4.69) is 15.3 Å². The second kappa shape index (κ2) is 9.35. The number of pyridine rings is 1. The summed E-state index contributed by atoms with van der Waals surface area (Å²) in [5, 5.41) is 21.9. The molecule has 0 saturated carbocycles. The number of aliphatic hydroxyl groups is 2. The molecule has 0 unspecified atom stereocenters. The number of aliphatic hydroxyl groups excluding tert-OH is 2. The van der Waals surface area contributed by atoms with Gasteiger partial charge in [0, 0.05) is 38.3 Å². The van der Waals surface area contributed by atoms with Crippen LogP contribution >= 0.6 is 11.3 Å². The second-order valence-corrected chi connectivity index (χ2v) is 9.08. The number of urea groups is 1. The average molecular weight is 460 g/mol. The number of piperazine rings is 1. The lowest BCUT2D eigenvalue weighted by molar-refractivity contribution is 0.0954. The zero-order chi connectivity index (χ0) is 22.8. The van der Waals surface area contributed by atoms with Gasteiger partial charge in [0.25, 0.3) is 0 Å². The number of anilines is 2. The summed E-state index contributed by atoms with van der Waals surface area (Å²) in [6.45, 7) is 4.82. The number of amides is 2. The number of nitrogens with one attached hydrogen (secondary N) is 1. The first-order valence-corrected chi connectivity index (χ1v) is 11.3. The zero-order valence-electron chi connectivity index (χ0n) is 18.0. The van der Waals surface area contributed by atoms with Crippen LogP contribution in [0.5, 0.6) is 0 Å². The maximum Gasteiger partial charge on any atom is 0.324 e. The van der Waals surface area contributed by atoms with Crippen LogP contribution in [0.2, 0.25) is 0 Å². The quantitative estimate of drug-likeness (QED) is 0.542. The molecule has 0 bridgehead atoms. The van der Waals surface area contributed by atoms with Gasteiger partial charge in [-0.05, 0) is 37.1 Å². The number of aryl methyl sites for hydroxylation is 1. The number of thiazole rings is 1. The Morgan fingerprint density at radius 1 is 1.41 bits per heavy atom. The van der Waals surface area contributed by atoms with Gasteiger partial charge in [-0.3, -0.25) is 5.32 Å². The van der Waals surface area contributed by atoms with Crippen LogP contribution in [0.15, 0.2) is 30.5 Å². The minimum absolute atomic E-state index is 0.135. The van der Waals surface area contributed by atoms with Crippen molar-refractivity contribution in [3.05, 3.63) is 47.4 Å². The monoisotopic (exact) mass is 459 g/mol. The van der Waals surface area contributed by atoms with E-state index in [0.717, 1.165) is 15.8 Å². The average Bonchev–Trinajstić information content (AvgIpc) is 3.17. The minimum atomic E-state index is -0.941. The summed E-state index contributed by atoms with van der Waals surface area (Å²) in [5.74, 6) is -0.261. The van der Waals surface area contributed by atoms with E-state index in [1.807, 2.05) is 36.9 Å². The first-order valence-electron chi connectivity index (χ1n) is 10.5. The van der Waals surface area contributed by atoms with Crippen molar-refractivity contribution < 1.29 is 19.4 Å². The van der Waals surface area contributed by atoms with Gasteiger partial charge < -0.3 is 20.0 Å². The molecule has 0 radical (unpaired) electrons. The van der Waals surface area contributed by atoms with Gasteiger partial charge in [-0.15, -0.1) is 0 Å². The smallest absolute Gasteiger partial charge is 0.324 e. The lowest BCUT2D eigenvalue weighted by atomic mass is 10.1. The Kier molecular flexibility index (Phi) is 6.54. The highest BCUT2D eigenvalue weighted by atomic mass is 32.1. The van der Waals surface area contributed by atoms with Gasteiger partial charge in [-0.1, -0.05) is 23.5 Å². The van der Waals surface area contributed by atoms with Crippen LogP contribution in [0.4, 0.5) is 20.1 Å². The zero-order valence-corrected chi connectivity index (χ0v) is 18.8. The predicted octanol–water partition coefficient (Wildman–Crippen LogP) is 2.78. The largest absolute Gasteiger partial charge is 0.394 e. The molecule has 0 spiro atoms. The Bertz CT molecular complexity index is 1120. The Morgan fingerprint density at radius 2 is 2.22 bits per heavy atom. The fraction of sp³-hybridized carbons (Fsp3) is 0.409. The van der Waals surface area contributed by atoms with Crippen LogP contribution in [-0.4, -0.2) is 69.5 Å². The summed E-state index contributed by atoms with van der Waals surface area (Å²) < 4.78 is 15.7. The van der Waals surface area contributed by atoms with E-state index in [1.165, 1.54) is 23.6 Å². The predicted molar refractivity (Wildman–Crippen MR) is 123 cm³/mol. The van der Waals surface area contributed by atoms with Gasteiger partial charge in [0.15, 0.2) is 16.8 Å². The Morgan fingerprint density at radius 3 is 2.91 bits per heavy atom. The van der Waals surface area contributed by atoms with Gasteiger partial charge in [-0.2, -0.15) is 0 Å². The number of halogens is 1. The molecule has 1 aliphatic heterocycles. The third kappa shape index (κ3) is 4.67. The Labute approximate surface area is 189 Å². The van der Waals surface area contributed by atoms with Crippen molar-refractivity contribution in [2.75, 3.05) is 36.5 Å². The summed E-state index contributed by atoms with van der Waals surface area (Å²) in [4.78, 5) is 25.2. The van der Waals surface area contributed by atoms with Gasteiger partial charge >= 0.3 is 6.03 Å². The summed E-state index contributed by atoms with van der Waals surface area (Å²) >= 11 is 1.44. The SMILES string of the molecule is Cc1cccc2sc(NC(=O)N3CCN(c4ncc(C[C@@H](O)CO)cc4F)C[C@@H]3C)nc12. The van der Waals surface area contributed by atoms with Gasteiger partial charge in [-0.25, -0.2) is 19.2 Å². The van der Waals surface area contributed by atoms with E-state index in [1.54, 1.807) is 4.90 Å². The third-order valence-electron chi connectivity index (χ3n) is 5.58. The maximum atomic E-state index is 14.6. The minimum Gasteiger partial charge on any atom is -0.394 e. The number of hydrogen-bond acceptors (Lipinski definition) is 7. The normalized spacial score (nSPS) is 17.6. The number of fused-ring (bicyclic) bond motifs is 1. The van der Waals surface area contributed by atoms with Gasteiger partial charge in [0.05, 0.1) is 22.9 Å². The van der Waals surface area contributed by atoms with Crippen LogP contribution in [0, 0.1) is 12.7 Å². The standard InChI is InChI=1S/C22H26FN5O3S/c1-13-4-3-5-18-19(13)25-21(32-18)26-22(31)28-7-6-27(11-14(28)2)20-17(23)9-15(10-24-20)8-16(30)12-29/h3-5,9-10,14,16,29-30H,6-8,11-12H2,1-2H3,(H,25,26,31)/t14-,16+/m0/s1. The number of rotatable bonds is 5. The summed E-state index contributed by atoms with van der Waals surface area (Å²) in [6, 6.07) is 6.89. The topological polar surface area (TPSA) is 102 Å². The molecular formula is C22H26FN5O3S. The van der Waals surface area contributed by atoms with Crippen LogP contribution < -0.4 is 10.2 Å². The molecule has 1 aromatic carbocycles. The Balaban J connectivity index is 1.40. The molecule has 3 N–H and O–H groups in total. The molecule has 2 amide bonds. The number of nitrogens with zero attached hydrogens (tertiary/aromatic N) is 4. The molecule has 170 valence electrons. The first kappa shape index (κ1) is 22.4. The lowest BCUT2D eigenvalue weighted by Crippen LogP contribution is -2.55. The number of benzene rings is 1. The number of carbonyl (C=O) groups is 1. The van der Waals surface area contributed by atoms with Crippen molar-refractivity contribution in [2.24, 2.45) is 0 Å². The van der Waals surface area contributed by atoms with Crippen molar-refractivity contribution in [3.8, 4) is 0 Å². The molecule has 1 aliphatic rings. The van der Waals surface area contributed by atoms with Crippen LogP contribution in [0.3, 0.4) is 0 Å². The van der Waals surface area contributed by atoms with E-state index >= 15 is 0 Å². The van der Waals surface area contributed by atoms with E-state index in [4.69, 9.17) is 5.11 Å². The second-order valence-electron chi connectivity index (χ2n) is 8.05. The highest BCUT2D eigenvalue weighted by molar-refractivity contribution is 7.22. The molecule has 2 aromatic heterocycles. The van der Waals surface area contributed by atoms with E-state index in [0.29, 0.717) is 30.3 Å². The molecule has 1 saturated heterocycles. The Hall–Kier alpha value is -2.82. The van der Waals surface area contributed by atoms with Crippen LogP contribution in [0.1, 0.15) is 18.1 Å². The fourth-order valence-electron chi connectivity index (χ4n) is 3.91. The van der Waals surface area contributed by atoms with Gasteiger partial charge in [0.2, 0.25) is 0 Å². The highest BCUT2D eigenvalue weighted by Crippen LogP contribution is 2.28. The number of para-hydroxylation sites is 1. The number of aromatic nitrogens is 2. The first-order chi connectivity index (χ1) is 15.4. The molecule has 3 aromatic rings. The van der Waals surface area contributed by atoms with Crippen molar-refractivity contribution in [1.29, 1.82) is 0 Å². The van der Waals surface area contributed by atoms with E-state index in [9.17, 15) is 14.3 Å². The van der Waals surface area contributed by atoms with Crippen molar-refractivity contribution >= 4 is 38.5 Å². The fourth-order valence-corrected chi connectivity index (χ4v) is 4.84. The molecule has 3 heterocycles. The van der Waals surface area contributed by atoms with Crippen molar-refractivity contribution in [3.63, 3.8) is 0 Å². The van der Waals surface area contributed by atoms with E-state index < -0.39 is 11.9 Å². The molecule has 10 heteroatoms. The molecule has 0 aliphatic carbocycles. The van der Waals surface area contributed by atoms with Crippen molar-refractivity contribution in [1.82, 2.24) is 14.9 Å². The van der Waals surface area contributed by atoms with Crippen LogP contribution in [0.25, 0.3) is 10.2 Å². The molecule has 1 fully saturated rings. The molecule has 4 rings (SSSR count). The van der Waals surface area contributed by atoms with Crippen molar-refractivity contribution in [2.45, 2.75) is 32.4 Å². The summed E-state index contributed by atoms with van der Waals surface area (Å²) in [6.07, 6.45) is 0.704. The summed E-state index contributed by atoms with van der Waals surface area (Å²) in [5.41, 5.74) is 2.47. The highest BCUT2D eigenvalue weighted by Gasteiger charge is 2.30.